The highest BCUT2D eigenvalue weighted by molar-refractivity contribution is 6.05. The number of hydrogen-bond donors (Lipinski definition) is 5. The van der Waals surface area contributed by atoms with Crippen LogP contribution in [0.4, 0.5) is 5.69 Å². The molecule has 3 aromatic rings. The molecule has 0 fully saturated rings. The molecule has 0 bridgehead atoms. The van der Waals surface area contributed by atoms with Gasteiger partial charge in [0.1, 0.15) is 28.9 Å². The van der Waals surface area contributed by atoms with Crippen molar-refractivity contribution in [2.45, 2.75) is 32.8 Å². The predicted molar refractivity (Wildman–Crippen MR) is 128 cm³/mol. The lowest BCUT2D eigenvalue weighted by atomic mass is 10.0. The van der Waals surface area contributed by atoms with E-state index >= 15 is 0 Å². The van der Waals surface area contributed by atoms with Gasteiger partial charge in [-0.3, -0.25) is 4.79 Å². The fourth-order valence-electron chi connectivity index (χ4n) is 3.64. The van der Waals surface area contributed by atoms with E-state index in [1.807, 2.05) is 0 Å². The second-order valence-electron chi connectivity index (χ2n) is 7.90. The third-order valence-electron chi connectivity index (χ3n) is 5.41. The van der Waals surface area contributed by atoms with E-state index in [-0.39, 0.29) is 46.2 Å². The molecule has 0 aromatic heterocycles. The van der Waals surface area contributed by atoms with Gasteiger partial charge in [0.05, 0.1) is 12.8 Å². The molecular formula is C26H27NO8. The maximum absolute atomic E-state index is 12.7. The van der Waals surface area contributed by atoms with Crippen molar-refractivity contribution in [2.75, 3.05) is 12.4 Å². The number of nitrogens with one attached hydrogen (secondary N) is 1. The second kappa shape index (κ2) is 10.7. The fourth-order valence-corrected chi connectivity index (χ4v) is 3.64. The zero-order chi connectivity index (χ0) is 25.7. The van der Waals surface area contributed by atoms with E-state index in [1.54, 1.807) is 44.2 Å². The molecule has 0 saturated carbocycles. The normalized spacial score (nSPS) is 11.5. The van der Waals surface area contributed by atoms with Crippen LogP contribution in [0.15, 0.2) is 48.5 Å². The molecule has 1 unspecified atom stereocenters. The van der Waals surface area contributed by atoms with E-state index in [0.717, 1.165) is 12.1 Å². The highest BCUT2D eigenvalue weighted by Gasteiger charge is 2.24. The molecule has 3 rings (SSSR count). The molecule has 0 aliphatic heterocycles. The Balaban J connectivity index is 1.85. The van der Waals surface area contributed by atoms with Gasteiger partial charge in [0, 0.05) is 29.7 Å². The first-order chi connectivity index (χ1) is 16.7. The first-order valence-corrected chi connectivity index (χ1v) is 10.9. The van der Waals surface area contributed by atoms with Crippen molar-refractivity contribution in [2.24, 2.45) is 0 Å². The van der Waals surface area contributed by atoms with Gasteiger partial charge in [-0.05, 0) is 37.1 Å². The lowest BCUT2D eigenvalue weighted by Gasteiger charge is -2.20. The van der Waals surface area contributed by atoms with Gasteiger partial charge in [0.25, 0.3) is 5.91 Å². The summed E-state index contributed by atoms with van der Waals surface area (Å²) in [5, 5.41) is 43.7. The van der Waals surface area contributed by atoms with Crippen LogP contribution in [0.2, 0.25) is 0 Å². The van der Waals surface area contributed by atoms with Crippen LogP contribution in [0.25, 0.3) is 0 Å². The number of carbonyl (C=O) groups is 2. The van der Waals surface area contributed by atoms with E-state index in [0.29, 0.717) is 17.5 Å². The zero-order valence-corrected chi connectivity index (χ0v) is 19.5. The Hall–Kier alpha value is -4.40. The van der Waals surface area contributed by atoms with Crippen molar-refractivity contribution in [1.82, 2.24) is 0 Å². The number of phenolic OH excluding ortho intramolecular Hbond substituents is 4. The largest absolute Gasteiger partial charge is 0.508 e. The second-order valence-corrected chi connectivity index (χ2v) is 7.90. The van der Waals surface area contributed by atoms with Crippen LogP contribution in [-0.4, -0.2) is 45.5 Å². The quantitative estimate of drug-likeness (QED) is 0.183. The van der Waals surface area contributed by atoms with Crippen molar-refractivity contribution >= 4 is 17.6 Å². The van der Waals surface area contributed by atoms with Crippen molar-refractivity contribution < 1.29 is 39.5 Å². The van der Waals surface area contributed by atoms with Gasteiger partial charge >= 0.3 is 5.97 Å². The van der Waals surface area contributed by atoms with Crippen molar-refractivity contribution in [3.05, 3.63) is 70.8 Å². The Morgan fingerprint density at radius 3 is 2.29 bits per heavy atom. The summed E-state index contributed by atoms with van der Waals surface area (Å²) in [6, 6.07) is 11.9. The van der Waals surface area contributed by atoms with Gasteiger partial charge in [0.2, 0.25) is 0 Å². The Morgan fingerprint density at radius 2 is 1.66 bits per heavy atom. The average Bonchev–Trinajstić information content (AvgIpc) is 2.82. The lowest BCUT2D eigenvalue weighted by molar-refractivity contribution is 0.0337. The summed E-state index contributed by atoms with van der Waals surface area (Å²) in [5.74, 6) is -2.61. The Bertz CT molecular complexity index is 1240. The van der Waals surface area contributed by atoms with Crippen LogP contribution in [0.3, 0.4) is 0 Å². The van der Waals surface area contributed by atoms with Gasteiger partial charge in [-0.1, -0.05) is 25.1 Å². The summed E-state index contributed by atoms with van der Waals surface area (Å²) in [7, 11) is 1.30. The first kappa shape index (κ1) is 25.2. The summed E-state index contributed by atoms with van der Waals surface area (Å²) in [6.45, 7) is 3.34. The third kappa shape index (κ3) is 5.57. The molecule has 0 saturated heterocycles. The smallest absolute Gasteiger partial charge is 0.342 e. The van der Waals surface area contributed by atoms with Gasteiger partial charge in [-0.15, -0.1) is 0 Å². The number of aryl methyl sites for hydroxylation is 1. The molecule has 3 aromatic carbocycles. The predicted octanol–water partition coefficient (Wildman–Crippen LogP) is 4.12. The number of rotatable bonds is 8. The zero-order valence-electron chi connectivity index (χ0n) is 19.5. The van der Waals surface area contributed by atoms with E-state index in [1.165, 1.54) is 13.2 Å². The Labute approximate surface area is 202 Å². The van der Waals surface area contributed by atoms with Crippen LogP contribution < -0.4 is 10.1 Å². The minimum absolute atomic E-state index is 0.0381. The van der Waals surface area contributed by atoms with Crippen molar-refractivity contribution in [3.63, 3.8) is 0 Å². The van der Waals surface area contributed by atoms with E-state index in [9.17, 15) is 30.0 Å². The summed E-state index contributed by atoms with van der Waals surface area (Å²) >= 11 is 0. The molecule has 35 heavy (non-hydrogen) atoms. The number of phenols is 4. The third-order valence-corrected chi connectivity index (χ3v) is 5.41. The maximum Gasteiger partial charge on any atom is 0.342 e. The topological polar surface area (TPSA) is 146 Å². The maximum atomic E-state index is 12.7. The molecule has 9 heteroatoms. The molecule has 5 N–H and O–H groups in total. The van der Waals surface area contributed by atoms with E-state index in [2.05, 4.69) is 5.32 Å². The van der Waals surface area contributed by atoms with Crippen LogP contribution in [0, 0.1) is 0 Å². The summed E-state index contributed by atoms with van der Waals surface area (Å²) in [4.78, 5) is 25.2. The van der Waals surface area contributed by atoms with Gasteiger partial charge in [-0.25, -0.2) is 4.79 Å². The lowest BCUT2D eigenvalue weighted by Crippen LogP contribution is -2.19. The number of carbonyl (C=O) groups excluding carboxylic acids is 2. The van der Waals surface area contributed by atoms with Crippen LogP contribution >= 0.6 is 0 Å². The SMILES string of the molecule is CCc1cc(C(=O)OC(C)Cc2c(O)c(NC(=O)c3ccccc3)cc(O)c2OC)c(O)cc1O. The molecule has 1 atom stereocenters. The van der Waals surface area contributed by atoms with E-state index in [4.69, 9.17) is 9.47 Å². The molecule has 9 nitrogen and oxygen atoms in total. The van der Waals surface area contributed by atoms with Crippen molar-refractivity contribution in [1.29, 1.82) is 0 Å². The summed E-state index contributed by atoms with van der Waals surface area (Å²) in [5.41, 5.74) is 0.768. The van der Waals surface area contributed by atoms with Gasteiger partial charge < -0.3 is 35.2 Å². The highest BCUT2D eigenvalue weighted by atomic mass is 16.5. The Kier molecular flexibility index (Phi) is 7.70. The van der Waals surface area contributed by atoms with Crippen molar-refractivity contribution in [3.8, 4) is 28.7 Å². The van der Waals surface area contributed by atoms with Crippen LogP contribution in [0.5, 0.6) is 28.7 Å². The highest BCUT2D eigenvalue weighted by Crippen LogP contribution is 2.43. The number of hydrogen-bond acceptors (Lipinski definition) is 8. The minimum Gasteiger partial charge on any atom is -0.508 e. The number of ether oxygens (including phenoxy) is 2. The summed E-state index contributed by atoms with van der Waals surface area (Å²) in [6.07, 6.45) is -0.476. The molecular weight excluding hydrogens is 454 g/mol. The standard InChI is InChI=1S/C26H27NO8/c1-4-15-11-17(21(29)13-20(15)28)26(33)35-14(2)10-18-23(31)19(12-22(30)24(18)34-3)27-25(32)16-8-6-5-7-9-16/h5-9,11-14,28-31H,4,10H2,1-3H3,(H,27,32). The number of benzene rings is 3. The monoisotopic (exact) mass is 481 g/mol. The molecule has 0 aliphatic carbocycles. The first-order valence-electron chi connectivity index (χ1n) is 10.9. The molecule has 0 spiro atoms. The van der Waals surface area contributed by atoms with Crippen LogP contribution in [-0.2, 0) is 17.6 Å². The number of esters is 1. The Morgan fingerprint density at radius 1 is 0.971 bits per heavy atom. The van der Waals surface area contributed by atoms with Gasteiger partial charge in [0.15, 0.2) is 11.5 Å². The minimum atomic E-state index is -0.833. The number of aromatic hydroxyl groups is 4. The molecule has 0 radical (unpaired) electrons. The number of anilines is 1. The van der Waals surface area contributed by atoms with Crippen LogP contribution in [0.1, 0.15) is 45.7 Å². The average molecular weight is 482 g/mol. The molecule has 0 heterocycles. The van der Waals surface area contributed by atoms with Gasteiger partial charge in [-0.2, -0.15) is 0 Å². The van der Waals surface area contributed by atoms with E-state index < -0.39 is 23.7 Å². The number of amides is 1. The summed E-state index contributed by atoms with van der Waals surface area (Å²) < 4.78 is 10.7. The molecule has 0 aliphatic rings. The number of methoxy groups -OCH3 is 1. The molecule has 184 valence electrons. The molecule has 1 amide bonds. The fraction of sp³-hybridized carbons (Fsp3) is 0.231.